The number of rotatable bonds is 8. The van der Waals surface area contributed by atoms with Crippen LogP contribution in [0.15, 0.2) is 36.5 Å². The van der Waals surface area contributed by atoms with Gasteiger partial charge in [-0.2, -0.15) is 0 Å². The average Bonchev–Trinajstić information content (AvgIpc) is 3.31. The van der Waals surface area contributed by atoms with Gasteiger partial charge in [0.15, 0.2) is 11.5 Å². The first-order chi connectivity index (χ1) is 17.0. The monoisotopic (exact) mass is 514 g/mol. The van der Waals surface area contributed by atoms with E-state index in [2.05, 4.69) is 15.6 Å². The van der Waals surface area contributed by atoms with E-state index in [0.717, 1.165) is 48.8 Å². The van der Waals surface area contributed by atoms with Gasteiger partial charge in [-0.25, -0.2) is 4.98 Å². The highest BCUT2D eigenvalue weighted by molar-refractivity contribution is 5.99. The molecular formula is C27H35ClN4O4. The zero-order valence-corrected chi connectivity index (χ0v) is 22.0. The van der Waals surface area contributed by atoms with E-state index < -0.39 is 5.54 Å². The number of para-hydroxylation sites is 1. The third-order valence-corrected chi connectivity index (χ3v) is 6.66. The van der Waals surface area contributed by atoms with Crippen LogP contribution >= 0.6 is 12.4 Å². The fourth-order valence-electron chi connectivity index (χ4n) is 4.66. The molecule has 0 bridgehead atoms. The molecule has 1 fully saturated rings. The zero-order valence-electron chi connectivity index (χ0n) is 21.1. The van der Waals surface area contributed by atoms with E-state index in [9.17, 15) is 9.59 Å². The summed E-state index contributed by atoms with van der Waals surface area (Å²) in [6.07, 6.45) is 9.64. The number of nitrogens with one attached hydrogen (secondary N) is 2. The number of fused-ring (bicyclic) bond motifs is 1. The van der Waals surface area contributed by atoms with Crippen LogP contribution in [-0.2, 0) is 22.7 Å². The second-order valence-corrected chi connectivity index (χ2v) is 9.20. The molecule has 2 N–H and O–H groups in total. The molecule has 2 amide bonds. The number of nitrogens with zero attached hydrogens (tertiary/aromatic N) is 2. The van der Waals surface area contributed by atoms with Crippen LogP contribution in [0.4, 0.5) is 5.82 Å². The van der Waals surface area contributed by atoms with E-state index in [1.165, 1.54) is 6.08 Å². The topological polar surface area (TPSA) is 92.8 Å². The lowest BCUT2D eigenvalue weighted by Gasteiger charge is -2.26. The van der Waals surface area contributed by atoms with Gasteiger partial charge < -0.3 is 19.7 Å². The molecule has 1 aromatic carbocycles. The van der Waals surface area contributed by atoms with Gasteiger partial charge in [0.25, 0.3) is 0 Å². The Kier molecular flexibility index (Phi) is 9.34. The second-order valence-electron chi connectivity index (χ2n) is 9.20. The number of hydrogen-bond donors (Lipinski definition) is 2. The largest absolute Gasteiger partial charge is 0.493 e. The van der Waals surface area contributed by atoms with Crippen molar-refractivity contribution in [3.8, 4) is 11.5 Å². The number of likely N-dealkylation sites (N-methyl/N-ethyl adjacent to an activating group) is 1. The maximum Gasteiger partial charge on any atom is 0.246 e. The van der Waals surface area contributed by atoms with Crippen molar-refractivity contribution in [1.82, 2.24) is 15.2 Å². The van der Waals surface area contributed by atoms with Crippen LogP contribution < -0.4 is 20.1 Å². The van der Waals surface area contributed by atoms with Crippen LogP contribution in [0, 0.1) is 0 Å². The molecule has 1 aliphatic carbocycles. The molecule has 0 atom stereocenters. The van der Waals surface area contributed by atoms with Crippen molar-refractivity contribution in [2.45, 2.75) is 57.7 Å². The van der Waals surface area contributed by atoms with Gasteiger partial charge in [0.1, 0.15) is 5.82 Å². The summed E-state index contributed by atoms with van der Waals surface area (Å²) in [6, 6.07) is 7.65. The van der Waals surface area contributed by atoms with E-state index in [-0.39, 0.29) is 24.2 Å². The number of carbonyl (C=O) groups is 2. The Morgan fingerprint density at radius 3 is 2.78 bits per heavy atom. The number of anilines is 1. The fourth-order valence-corrected chi connectivity index (χ4v) is 4.66. The predicted molar refractivity (Wildman–Crippen MR) is 142 cm³/mol. The lowest BCUT2D eigenvalue weighted by atomic mass is 9.97. The smallest absolute Gasteiger partial charge is 0.246 e. The van der Waals surface area contributed by atoms with Crippen LogP contribution in [0.25, 0.3) is 6.08 Å². The highest BCUT2D eigenvalue weighted by atomic mass is 35.5. The number of pyridine rings is 1. The Labute approximate surface area is 218 Å². The van der Waals surface area contributed by atoms with Gasteiger partial charge in [-0.15, -0.1) is 12.4 Å². The van der Waals surface area contributed by atoms with Crippen molar-refractivity contribution in [1.29, 1.82) is 0 Å². The van der Waals surface area contributed by atoms with Crippen LogP contribution in [0.5, 0.6) is 11.5 Å². The number of carbonyl (C=O) groups excluding carboxylic acids is 2. The van der Waals surface area contributed by atoms with Crippen LogP contribution in [0.1, 0.15) is 55.7 Å². The van der Waals surface area contributed by atoms with E-state index in [1.54, 1.807) is 31.3 Å². The Bertz CT molecular complexity index is 1110. The lowest BCUT2D eigenvalue weighted by molar-refractivity contribution is -0.125. The maximum atomic E-state index is 12.8. The molecule has 1 aromatic heterocycles. The molecule has 0 radical (unpaired) electrons. The zero-order chi connectivity index (χ0) is 24.8. The summed E-state index contributed by atoms with van der Waals surface area (Å²) in [4.78, 5) is 31.7. The predicted octanol–water partition coefficient (Wildman–Crippen LogP) is 4.33. The molecule has 8 nitrogen and oxygen atoms in total. The van der Waals surface area contributed by atoms with Crippen molar-refractivity contribution < 1.29 is 19.1 Å². The summed E-state index contributed by atoms with van der Waals surface area (Å²) in [5, 5.41) is 6.44. The third-order valence-electron chi connectivity index (χ3n) is 6.66. The second kappa shape index (κ2) is 12.2. The minimum absolute atomic E-state index is 0. The molecule has 0 saturated heterocycles. The van der Waals surface area contributed by atoms with E-state index in [1.807, 2.05) is 31.2 Å². The molecule has 36 heavy (non-hydrogen) atoms. The highest BCUT2D eigenvalue weighted by Gasteiger charge is 2.42. The van der Waals surface area contributed by atoms with Crippen molar-refractivity contribution in [3.05, 3.63) is 53.2 Å². The minimum atomic E-state index is -0.491. The number of benzene rings is 1. The van der Waals surface area contributed by atoms with Gasteiger partial charge in [-0.1, -0.05) is 31.9 Å². The first-order valence-corrected chi connectivity index (χ1v) is 12.2. The fraction of sp³-hybridized carbons (Fsp3) is 0.444. The summed E-state index contributed by atoms with van der Waals surface area (Å²) in [7, 11) is 3.37. The first-order valence-electron chi connectivity index (χ1n) is 12.2. The van der Waals surface area contributed by atoms with Crippen LogP contribution in [-0.4, -0.2) is 48.0 Å². The summed E-state index contributed by atoms with van der Waals surface area (Å²) in [5.74, 6) is 1.78. The lowest BCUT2D eigenvalue weighted by Crippen LogP contribution is -2.50. The molecule has 194 valence electrons. The number of aromatic nitrogens is 1. The molecule has 1 spiro atoms. The summed E-state index contributed by atoms with van der Waals surface area (Å²) in [5.41, 5.74) is 2.11. The SMILES string of the molecule is CCCOc1c(CN(C)C(=O)/C=C/c2cnc3c(c2)CNC2(CCCC2)C(=O)N3)cccc1OC.Cl. The molecule has 1 saturated carbocycles. The molecule has 2 heterocycles. The van der Waals surface area contributed by atoms with Gasteiger partial charge in [0.2, 0.25) is 11.8 Å². The molecule has 9 heteroatoms. The van der Waals surface area contributed by atoms with Gasteiger partial charge >= 0.3 is 0 Å². The van der Waals surface area contributed by atoms with Crippen molar-refractivity contribution in [2.24, 2.45) is 0 Å². The minimum Gasteiger partial charge on any atom is -0.493 e. The Morgan fingerprint density at radius 1 is 1.28 bits per heavy atom. The first kappa shape index (κ1) is 27.5. The van der Waals surface area contributed by atoms with E-state index >= 15 is 0 Å². The number of methoxy groups -OCH3 is 1. The van der Waals surface area contributed by atoms with Gasteiger partial charge in [0, 0.05) is 43.5 Å². The van der Waals surface area contributed by atoms with Crippen LogP contribution in [0.3, 0.4) is 0 Å². The van der Waals surface area contributed by atoms with Crippen molar-refractivity contribution >= 4 is 36.1 Å². The number of hydrogen-bond acceptors (Lipinski definition) is 6. The number of halogens is 1. The molecular weight excluding hydrogens is 480 g/mol. The van der Waals surface area contributed by atoms with Crippen LogP contribution in [0.2, 0.25) is 0 Å². The molecule has 1 aliphatic heterocycles. The number of amides is 2. The number of ether oxygens (including phenoxy) is 2. The van der Waals surface area contributed by atoms with Gasteiger partial charge in [0.05, 0.1) is 19.3 Å². The Morgan fingerprint density at radius 2 is 2.06 bits per heavy atom. The normalized spacial score (nSPS) is 16.1. The maximum absolute atomic E-state index is 12.8. The van der Waals surface area contributed by atoms with Gasteiger partial charge in [-0.05, 0) is 43.0 Å². The quantitative estimate of drug-likeness (QED) is 0.509. The van der Waals surface area contributed by atoms with Crippen molar-refractivity contribution in [2.75, 3.05) is 26.1 Å². The molecule has 0 unspecified atom stereocenters. The standard InChI is InChI=1S/C27H34N4O4.ClH/c1-4-14-35-24-20(8-7-9-22(24)34-3)18-31(2)23(32)11-10-19-15-21-17-29-27(12-5-6-13-27)26(33)30-25(21)28-16-19;/h7-11,15-16,29H,4-6,12-14,17-18H2,1-3H3,(H,28,30,33);1H/b11-10+;. The molecule has 2 aromatic rings. The van der Waals surface area contributed by atoms with Gasteiger partial charge in [-0.3, -0.25) is 14.9 Å². The molecule has 2 aliphatic rings. The Hall–Kier alpha value is -3.10. The summed E-state index contributed by atoms with van der Waals surface area (Å²) in [6.45, 7) is 3.57. The molecule has 4 rings (SSSR count). The summed E-state index contributed by atoms with van der Waals surface area (Å²) >= 11 is 0. The Balaban J connectivity index is 0.00000361. The average molecular weight is 515 g/mol. The third kappa shape index (κ3) is 5.99. The van der Waals surface area contributed by atoms with Crippen molar-refractivity contribution in [3.63, 3.8) is 0 Å². The highest BCUT2D eigenvalue weighted by Crippen LogP contribution is 2.34. The van der Waals surface area contributed by atoms with E-state index in [4.69, 9.17) is 9.47 Å². The van der Waals surface area contributed by atoms with E-state index in [0.29, 0.717) is 37.0 Å². The summed E-state index contributed by atoms with van der Waals surface area (Å²) < 4.78 is 11.3.